The molecule has 0 saturated carbocycles. The van der Waals surface area contributed by atoms with Crippen LogP contribution in [0.25, 0.3) is 0 Å². The molecule has 6 heteroatoms. The number of hydrogen-bond donors (Lipinski definition) is 0. The molecular weight excluding hydrogens is 262 g/mol. The number of nitrogens with zero attached hydrogens (tertiary/aromatic N) is 1. The zero-order valence-corrected chi connectivity index (χ0v) is 10.7. The van der Waals surface area contributed by atoms with E-state index in [-0.39, 0.29) is 24.1 Å². The van der Waals surface area contributed by atoms with E-state index in [9.17, 15) is 9.59 Å². The van der Waals surface area contributed by atoms with Gasteiger partial charge in [-0.3, -0.25) is 9.59 Å². The van der Waals surface area contributed by atoms with Crippen molar-refractivity contribution in [2.45, 2.75) is 6.04 Å². The Morgan fingerprint density at radius 1 is 1.25 bits per heavy atom. The van der Waals surface area contributed by atoms with Gasteiger partial charge in [0, 0.05) is 6.54 Å². The number of morpholine rings is 1. The minimum atomic E-state index is -0.669. The average molecular weight is 275 g/mol. The van der Waals surface area contributed by atoms with Crippen LogP contribution in [-0.2, 0) is 4.74 Å². The minimum absolute atomic E-state index is 0.170. The predicted octanol–water partition coefficient (Wildman–Crippen LogP) is 1.60. The molecule has 1 amide bonds. The highest BCUT2D eigenvalue weighted by molar-refractivity contribution is 6.03. The summed E-state index contributed by atoms with van der Waals surface area (Å²) in [7, 11) is 0. The van der Waals surface area contributed by atoms with Crippen molar-refractivity contribution in [2.75, 3.05) is 19.8 Å². The second kappa shape index (κ2) is 5.34. The Kier molecular flexibility index (Phi) is 3.39. The van der Waals surface area contributed by atoms with E-state index in [0.29, 0.717) is 18.7 Å². The van der Waals surface area contributed by atoms with Crippen molar-refractivity contribution in [3.63, 3.8) is 0 Å². The minimum Gasteiger partial charge on any atom is -0.472 e. The maximum absolute atomic E-state index is 12.4. The molecule has 0 radical (unpaired) electrons. The molecule has 1 aliphatic rings. The van der Waals surface area contributed by atoms with E-state index < -0.39 is 6.04 Å². The van der Waals surface area contributed by atoms with Crippen LogP contribution in [0.5, 0.6) is 0 Å². The Balaban J connectivity index is 1.84. The summed E-state index contributed by atoms with van der Waals surface area (Å²) in [6, 6.07) is 4.13. The Morgan fingerprint density at radius 2 is 2.15 bits per heavy atom. The van der Waals surface area contributed by atoms with Crippen LogP contribution in [0, 0.1) is 0 Å². The molecule has 3 rings (SSSR count). The summed E-state index contributed by atoms with van der Waals surface area (Å²) < 4.78 is 15.3. The number of rotatable bonds is 3. The van der Waals surface area contributed by atoms with Crippen molar-refractivity contribution in [2.24, 2.45) is 0 Å². The lowest BCUT2D eigenvalue weighted by molar-refractivity contribution is 0.00118. The molecule has 0 aliphatic carbocycles. The van der Waals surface area contributed by atoms with Gasteiger partial charge in [0.05, 0.1) is 31.3 Å². The number of hydrogen-bond acceptors (Lipinski definition) is 5. The van der Waals surface area contributed by atoms with Crippen molar-refractivity contribution in [1.29, 1.82) is 0 Å². The van der Waals surface area contributed by atoms with Crippen molar-refractivity contribution >= 4 is 11.7 Å². The molecular formula is C14H13NO5. The molecule has 20 heavy (non-hydrogen) atoms. The van der Waals surface area contributed by atoms with Crippen molar-refractivity contribution in [3.05, 3.63) is 48.3 Å². The summed E-state index contributed by atoms with van der Waals surface area (Å²) in [5.74, 6) is -0.274. The largest absolute Gasteiger partial charge is 0.472 e. The van der Waals surface area contributed by atoms with Crippen molar-refractivity contribution < 1.29 is 23.2 Å². The third-order valence-electron chi connectivity index (χ3n) is 3.22. The fourth-order valence-corrected chi connectivity index (χ4v) is 2.20. The van der Waals surface area contributed by atoms with Crippen LogP contribution in [0.1, 0.15) is 20.9 Å². The number of ether oxygens (including phenoxy) is 1. The molecule has 1 unspecified atom stereocenters. The number of furan rings is 2. The fraction of sp³-hybridized carbons (Fsp3) is 0.286. The lowest BCUT2D eigenvalue weighted by Crippen LogP contribution is -2.52. The van der Waals surface area contributed by atoms with Gasteiger partial charge >= 0.3 is 0 Å². The molecule has 0 aromatic carbocycles. The second-order valence-electron chi connectivity index (χ2n) is 4.44. The SMILES string of the molecule is O=C(c1ccco1)C1COCCN1C(=O)c1ccoc1. The van der Waals surface area contributed by atoms with E-state index in [4.69, 9.17) is 13.6 Å². The normalized spacial score (nSPS) is 19.0. The van der Waals surface area contributed by atoms with Gasteiger partial charge in [0.25, 0.3) is 5.91 Å². The first-order valence-corrected chi connectivity index (χ1v) is 6.26. The Labute approximate surface area is 114 Å². The topological polar surface area (TPSA) is 72.9 Å². The molecule has 0 spiro atoms. The van der Waals surface area contributed by atoms with E-state index in [1.165, 1.54) is 23.7 Å². The zero-order chi connectivity index (χ0) is 13.9. The first-order valence-electron chi connectivity index (χ1n) is 6.26. The van der Waals surface area contributed by atoms with Crippen molar-refractivity contribution in [1.82, 2.24) is 4.90 Å². The maximum Gasteiger partial charge on any atom is 0.257 e. The lowest BCUT2D eigenvalue weighted by atomic mass is 10.1. The van der Waals surface area contributed by atoms with Gasteiger partial charge < -0.3 is 18.5 Å². The molecule has 1 fully saturated rings. The number of carbonyl (C=O) groups excluding carboxylic acids is 2. The van der Waals surface area contributed by atoms with Crippen molar-refractivity contribution in [3.8, 4) is 0 Å². The Bertz CT molecular complexity index is 533. The molecule has 3 heterocycles. The summed E-state index contributed by atoms with van der Waals surface area (Å²) in [5, 5.41) is 0. The highest BCUT2D eigenvalue weighted by Gasteiger charge is 2.35. The third kappa shape index (κ3) is 2.25. The second-order valence-corrected chi connectivity index (χ2v) is 4.44. The van der Waals surface area contributed by atoms with Gasteiger partial charge in [-0.15, -0.1) is 0 Å². The molecule has 104 valence electrons. The molecule has 0 N–H and O–H groups in total. The number of ketones is 1. The quantitative estimate of drug-likeness (QED) is 0.795. The first-order chi connectivity index (χ1) is 9.77. The van der Waals surface area contributed by atoms with E-state index in [2.05, 4.69) is 0 Å². The Hall–Kier alpha value is -2.34. The van der Waals surface area contributed by atoms with Crippen LogP contribution in [0.2, 0.25) is 0 Å². The summed E-state index contributed by atoms with van der Waals surface area (Å²) >= 11 is 0. The van der Waals surface area contributed by atoms with E-state index in [1.54, 1.807) is 18.2 Å². The fourth-order valence-electron chi connectivity index (χ4n) is 2.20. The highest BCUT2D eigenvalue weighted by atomic mass is 16.5. The summed E-state index contributed by atoms with van der Waals surface area (Å²) in [5.41, 5.74) is 0.421. The number of carbonyl (C=O) groups is 2. The van der Waals surface area contributed by atoms with Gasteiger partial charge in [0.15, 0.2) is 5.76 Å². The van der Waals surface area contributed by atoms with Gasteiger partial charge in [0.1, 0.15) is 12.3 Å². The number of Topliss-reactive ketones (excluding diaryl/α,β-unsaturated/α-hetero) is 1. The average Bonchev–Trinajstić information content (AvgIpc) is 3.18. The standard InChI is InChI=1S/C14H13NO5/c16-13(12-2-1-5-20-12)11-9-19-7-4-15(11)14(17)10-3-6-18-8-10/h1-3,5-6,8,11H,4,7,9H2. The zero-order valence-electron chi connectivity index (χ0n) is 10.7. The van der Waals surface area contributed by atoms with Gasteiger partial charge in [-0.2, -0.15) is 0 Å². The van der Waals surface area contributed by atoms with Crippen LogP contribution in [0.4, 0.5) is 0 Å². The van der Waals surface area contributed by atoms with Crippen LogP contribution in [0.15, 0.2) is 45.8 Å². The molecule has 1 saturated heterocycles. The smallest absolute Gasteiger partial charge is 0.257 e. The highest BCUT2D eigenvalue weighted by Crippen LogP contribution is 2.17. The molecule has 0 bridgehead atoms. The van der Waals surface area contributed by atoms with Gasteiger partial charge in [0.2, 0.25) is 5.78 Å². The van der Waals surface area contributed by atoms with E-state index in [0.717, 1.165) is 0 Å². The maximum atomic E-state index is 12.4. The monoisotopic (exact) mass is 275 g/mol. The van der Waals surface area contributed by atoms with Crippen LogP contribution >= 0.6 is 0 Å². The van der Waals surface area contributed by atoms with E-state index >= 15 is 0 Å². The summed E-state index contributed by atoms with van der Waals surface area (Å²) in [6.07, 6.45) is 4.22. The molecule has 2 aromatic heterocycles. The first kappa shape index (κ1) is 12.7. The van der Waals surface area contributed by atoms with Crippen LogP contribution in [-0.4, -0.2) is 42.4 Å². The van der Waals surface area contributed by atoms with Gasteiger partial charge in [-0.1, -0.05) is 0 Å². The lowest BCUT2D eigenvalue weighted by Gasteiger charge is -2.33. The van der Waals surface area contributed by atoms with Crippen LogP contribution < -0.4 is 0 Å². The van der Waals surface area contributed by atoms with Crippen LogP contribution in [0.3, 0.4) is 0 Å². The molecule has 6 nitrogen and oxygen atoms in total. The van der Waals surface area contributed by atoms with Gasteiger partial charge in [-0.25, -0.2) is 0 Å². The third-order valence-corrected chi connectivity index (χ3v) is 3.22. The number of amides is 1. The molecule has 2 aromatic rings. The molecule has 1 atom stereocenters. The summed E-state index contributed by atoms with van der Waals surface area (Å²) in [4.78, 5) is 26.2. The summed E-state index contributed by atoms with van der Waals surface area (Å²) in [6.45, 7) is 0.940. The predicted molar refractivity (Wildman–Crippen MR) is 67.4 cm³/mol. The molecule has 1 aliphatic heterocycles. The van der Waals surface area contributed by atoms with E-state index in [1.807, 2.05) is 0 Å². The van der Waals surface area contributed by atoms with Gasteiger partial charge in [-0.05, 0) is 18.2 Å². The Morgan fingerprint density at radius 3 is 2.85 bits per heavy atom.